The quantitative estimate of drug-likeness (QED) is 0.243. The summed E-state index contributed by atoms with van der Waals surface area (Å²) in [6, 6.07) is 18.3. The van der Waals surface area contributed by atoms with E-state index in [0.717, 1.165) is 5.56 Å². The first kappa shape index (κ1) is 26.4. The van der Waals surface area contributed by atoms with Crippen molar-refractivity contribution in [3.63, 3.8) is 0 Å². The van der Waals surface area contributed by atoms with Gasteiger partial charge in [0.25, 0.3) is 5.91 Å². The molecular weight excluding hydrogens is 523 g/mol. The molecule has 0 radical (unpaired) electrons. The zero-order valence-electron chi connectivity index (χ0n) is 21.0. The molecule has 3 N–H and O–H groups in total. The number of carbonyl (C=O) groups is 2. The minimum Gasteiger partial charge on any atom is -0.491 e. The van der Waals surface area contributed by atoms with Crippen LogP contribution in [0.2, 0.25) is 5.02 Å². The van der Waals surface area contributed by atoms with Crippen LogP contribution in [0.3, 0.4) is 0 Å². The topological polar surface area (TPSA) is 108 Å². The fourth-order valence-corrected chi connectivity index (χ4v) is 4.92. The van der Waals surface area contributed by atoms with E-state index in [1.165, 1.54) is 17.2 Å². The monoisotopic (exact) mass is 548 g/mol. The smallest absolute Gasteiger partial charge is 0.325 e. The maximum atomic E-state index is 14.6. The van der Waals surface area contributed by atoms with Crippen LogP contribution in [0.5, 0.6) is 5.75 Å². The predicted octanol–water partition coefficient (Wildman–Crippen LogP) is 5.38. The summed E-state index contributed by atoms with van der Waals surface area (Å²) in [7, 11) is 0. The summed E-state index contributed by atoms with van der Waals surface area (Å²) in [5.74, 6) is -0.426. The Kier molecular flexibility index (Phi) is 7.63. The normalized spacial score (nSPS) is 16.7. The van der Waals surface area contributed by atoms with Crippen molar-refractivity contribution >= 4 is 23.5 Å². The number of imidazole rings is 1. The van der Waals surface area contributed by atoms with E-state index in [1.807, 2.05) is 37.3 Å². The fraction of sp³-hybridized carbons (Fsp3) is 0.207. The van der Waals surface area contributed by atoms with Gasteiger partial charge in [0.15, 0.2) is 0 Å². The molecule has 1 fully saturated rings. The molecule has 8 nitrogen and oxygen atoms in total. The van der Waals surface area contributed by atoms with E-state index in [1.54, 1.807) is 36.4 Å². The largest absolute Gasteiger partial charge is 0.491 e. The van der Waals surface area contributed by atoms with E-state index in [9.17, 15) is 14.0 Å². The highest BCUT2D eigenvalue weighted by Gasteiger charge is 2.46. The van der Waals surface area contributed by atoms with Crippen molar-refractivity contribution in [3.05, 3.63) is 107 Å². The molecule has 1 aliphatic rings. The number of amides is 3. The number of aromatic nitrogens is 2. The molecule has 0 spiro atoms. The first-order valence-electron chi connectivity index (χ1n) is 12.4. The summed E-state index contributed by atoms with van der Waals surface area (Å²) in [6.07, 6.45) is 1.48. The first-order valence-corrected chi connectivity index (χ1v) is 12.8. The Hall–Kier alpha value is -4.21. The molecular formula is C29H26ClFN4O4. The van der Waals surface area contributed by atoms with Gasteiger partial charge >= 0.3 is 6.03 Å². The summed E-state index contributed by atoms with van der Waals surface area (Å²) in [6.45, 7) is 1.94. The number of aliphatic hydroxyl groups excluding tert-OH is 1. The van der Waals surface area contributed by atoms with E-state index in [0.29, 0.717) is 22.8 Å². The van der Waals surface area contributed by atoms with Crippen LogP contribution in [0, 0.1) is 5.82 Å². The third-order valence-electron chi connectivity index (χ3n) is 6.72. The standard InChI is InChI=1S/C29H26ClFN4O4/c1-17(18-5-3-2-4-6-18)26(27-32-16-24(33-27)22-12-9-20(30)15-23(22)31)35-28(37)25(34-29(35)38)19-7-10-21(11-8-19)39-14-13-36/h2-12,15-17,25-26,36H,13-14H2,1H3,(H,32,33)(H,34,38)/t17-,25?,26-/m0/s1. The van der Waals surface area contributed by atoms with Gasteiger partial charge in [-0.1, -0.05) is 61.0 Å². The number of hydrogen-bond acceptors (Lipinski definition) is 5. The number of hydrogen-bond donors (Lipinski definition) is 3. The zero-order valence-corrected chi connectivity index (χ0v) is 21.7. The molecule has 1 saturated heterocycles. The van der Waals surface area contributed by atoms with Gasteiger partial charge < -0.3 is 20.1 Å². The molecule has 200 valence electrons. The molecule has 3 amide bonds. The maximum absolute atomic E-state index is 14.6. The van der Waals surface area contributed by atoms with Crippen LogP contribution < -0.4 is 10.1 Å². The van der Waals surface area contributed by atoms with Gasteiger partial charge in [-0.15, -0.1) is 0 Å². The Balaban J connectivity index is 1.50. The number of benzene rings is 3. The van der Waals surface area contributed by atoms with Crippen LogP contribution in [-0.2, 0) is 4.79 Å². The number of aromatic amines is 1. The lowest BCUT2D eigenvalue weighted by Gasteiger charge is -2.29. The van der Waals surface area contributed by atoms with Crippen molar-refractivity contribution in [1.29, 1.82) is 0 Å². The number of carbonyl (C=O) groups excluding carboxylic acids is 2. The number of halogens is 2. The van der Waals surface area contributed by atoms with Crippen molar-refractivity contribution < 1.29 is 23.8 Å². The van der Waals surface area contributed by atoms with Gasteiger partial charge in [0.05, 0.1) is 18.5 Å². The van der Waals surface area contributed by atoms with Gasteiger partial charge in [-0.05, 0) is 41.5 Å². The van der Waals surface area contributed by atoms with Crippen molar-refractivity contribution in [1.82, 2.24) is 20.2 Å². The molecule has 4 aromatic rings. The number of ether oxygens (including phenoxy) is 1. The Bertz CT molecular complexity index is 1480. The lowest BCUT2D eigenvalue weighted by Crippen LogP contribution is -2.38. The Morgan fingerprint density at radius 3 is 2.54 bits per heavy atom. The van der Waals surface area contributed by atoms with E-state index in [2.05, 4.69) is 15.3 Å². The highest BCUT2D eigenvalue weighted by Crippen LogP contribution is 2.39. The van der Waals surface area contributed by atoms with E-state index in [4.69, 9.17) is 21.4 Å². The minimum absolute atomic E-state index is 0.117. The van der Waals surface area contributed by atoms with Crippen molar-refractivity contribution in [2.45, 2.75) is 24.9 Å². The first-order chi connectivity index (χ1) is 18.9. The molecule has 10 heteroatoms. The summed E-state index contributed by atoms with van der Waals surface area (Å²) < 4.78 is 20.0. The van der Waals surface area contributed by atoms with Crippen LogP contribution in [0.15, 0.2) is 79.0 Å². The Morgan fingerprint density at radius 2 is 1.85 bits per heavy atom. The molecule has 3 aromatic carbocycles. The number of nitrogens with one attached hydrogen (secondary N) is 2. The molecule has 0 aliphatic carbocycles. The minimum atomic E-state index is -0.905. The third-order valence-corrected chi connectivity index (χ3v) is 6.95. The average molecular weight is 549 g/mol. The molecule has 2 heterocycles. The Morgan fingerprint density at radius 1 is 1.10 bits per heavy atom. The molecule has 1 unspecified atom stereocenters. The van der Waals surface area contributed by atoms with Gasteiger partial charge in [-0.3, -0.25) is 9.69 Å². The number of aliphatic hydroxyl groups is 1. The van der Waals surface area contributed by atoms with Crippen LogP contribution in [0.4, 0.5) is 9.18 Å². The SMILES string of the molecule is C[C@@H](c1ccccc1)[C@@H](c1ncc(-c2ccc(Cl)cc2F)[nH]1)N1C(=O)NC(c2ccc(OCCO)cc2)C1=O. The lowest BCUT2D eigenvalue weighted by molar-refractivity contribution is -0.129. The fourth-order valence-electron chi connectivity index (χ4n) is 4.76. The highest BCUT2D eigenvalue weighted by atomic mass is 35.5. The van der Waals surface area contributed by atoms with Gasteiger partial charge in [-0.25, -0.2) is 14.2 Å². The second kappa shape index (κ2) is 11.3. The molecule has 3 atom stereocenters. The van der Waals surface area contributed by atoms with Gasteiger partial charge in [0.2, 0.25) is 0 Å². The zero-order chi connectivity index (χ0) is 27.5. The molecule has 5 rings (SSSR count). The number of rotatable bonds is 9. The van der Waals surface area contributed by atoms with Crippen molar-refractivity contribution in [2.24, 2.45) is 0 Å². The van der Waals surface area contributed by atoms with E-state index < -0.39 is 29.8 Å². The number of urea groups is 1. The van der Waals surface area contributed by atoms with E-state index in [-0.39, 0.29) is 29.7 Å². The van der Waals surface area contributed by atoms with Crippen LogP contribution in [0.25, 0.3) is 11.3 Å². The molecule has 1 aliphatic heterocycles. The summed E-state index contributed by atoms with van der Waals surface area (Å²) in [4.78, 5) is 35.9. The maximum Gasteiger partial charge on any atom is 0.325 e. The van der Waals surface area contributed by atoms with Gasteiger partial charge in [0, 0.05) is 16.5 Å². The summed E-state index contributed by atoms with van der Waals surface area (Å²) in [5.41, 5.74) is 2.14. The second-order valence-corrected chi connectivity index (χ2v) is 9.62. The highest BCUT2D eigenvalue weighted by molar-refractivity contribution is 6.30. The van der Waals surface area contributed by atoms with Crippen molar-refractivity contribution in [3.8, 4) is 17.0 Å². The number of nitrogens with zero attached hydrogens (tertiary/aromatic N) is 2. The van der Waals surface area contributed by atoms with Gasteiger partial charge in [0.1, 0.15) is 36.1 Å². The summed E-state index contributed by atoms with van der Waals surface area (Å²) in [5, 5.41) is 12.0. The number of H-pyrrole nitrogens is 1. The molecule has 0 saturated carbocycles. The second-order valence-electron chi connectivity index (χ2n) is 9.18. The lowest BCUT2D eigenvalue weighted by atomic mass is 9.91. The van der Waals surface area contributed by atoms with Crippen LogP contribution in [-0.4, -0.2) is 45.1 Å². The molecule has 39 heavy (non-hydrogen) atoms. The summed E-state index contributed by atoms with van der Waals surface area (Å²) >= 11 is 5.91. The molecule has 1 aromatic heterocycles. The van der Waals surface area contributed by atoms with Crippen LogP contribution >= 0.6 is 11.6 Å². The van der Waals surface area contributed by atoms with Gasteiger partial charge in [-0.2, -0.15) is 0 Å². The average Bonchev–Trinajstić information content (AvgIpc) is 3.53. The number of imide groups is 1. The van der Waals surface area contributed by atoms with Crippen LogP contribution in [0.1, 0.15) is 41.9 Å². The third kappa shape index (κ3) is 5.36. The van der Waals surface area contributed by atoms with E-state index >= 15 is 0 Å². The predicted molar refractivity (Wildman–Crippen MR) is 144 cm³/mol. The Labute approximate surface area is 229 Å². The molecule has 0 bridgehead atoms. The van der Waals surface area contributed by atoms with Crippen molar-refractivity contribution in [2.75, 3.05) is 13.2 Å².